The Labute approximate surface area is 101 Å². The third kappa shape index (κ3) is 2.11. The van der Waals surface area contributed by atoms with Gasteiger partial charge in [0.15, 0.2) is 9.84 Å². The van der Waals surface area contributed by atoms with Crippen molar-refractivity contribution in [1.29, 1.82) is 0 Å². The molecule has 0 aliphatic carbocycles. The van der Waals surface area contributed by atoms with Gasteiger partial charge in [-0.15, -0.1) is 0 Å². The summed E-state index contributed by atoms with van der Waals surface area (Å²) >= 11 is 0. The molecule has 1 atom stereocenters. The van der Waals surface area contributed by atoms with Gasteiger partial charge in [0.2, 0.25) is 0 Å². The maximum absolute atomic E-state index is 11.5. The van der Waals surface area contributed by atoms with Crippen molar-refractivity contribution in [2.75, 3.05) is 29.2 Å². The summed E-state index contributed by atoms with van der Waals surface area (Å²) in [6.07, 6.45) is 0.655. The number of sulfone groups is 1. The van der Waals surface area contributed by atoms with Gasteiger partial charge in [0.25, 0.3) is 0 Å². The maximum atomic E-state index is 11.5. The van der Waals surface area contributed by atoms with Gasteiger partial charge < -0.3 is 10.6 Å². The summed E-state index contributed by atoms with van der Waals surface area (Å²) in [7, 11) is 0.812. The molecule has 7 heteroatoms. The second-order valence-corrected chi connectivity index (χ2v) is 6.84. The predicted molar refractivity (Wildman–Crippen MR) is 67.8 cm³/mol. The largest absolute Gasteiger partial charge is 0.394 e. The van der Waals surface area contributed by atoms with Gasteiger partial charge in [0.05, 0.1) is 22.9 Å². The van der Waals surface area contributed by atoms with Crippen LogP contribution in [-0.4, -0.2) is 42.8 Å². The van der Waals surface area contributed by atoms with E-state index in [-0.39, 0.29) is 17.5 Å². The number of anilines is 2. The summed E-state index contributed by atoms with van der Waals surface area (Å²) < 4.78 is 24.6. The number of aryl methyl sites for hydroxylation is 2. The van der Waals surface area contributed by atoms with Crippen molar-refractivity contribution in [2.45, 2.75) is 19.4 Å². The van der Waals surface area contributed by atoms with Crippen LogP contribution in [0.25, 0.3) is 0 Å². The normalized spacial score (nSPS) is 22.9. The van der Waals surface area contributed by atoms with Crippen LogP contribution in [0.15, 0.2) is 0 Å². The van der Waals surface area contributed by atoms with Crippen molar-refractivity contribution in [3.05, 3.63) is 5.69 Å². The van der Waals surface area contributed by atoms with Gasteiger partial charge in [-0.25, -0.2) is 8.42 Å². The molecule has 1 aromatic rings. The zero-order chi connectivity index (χ0) is 12.8. The number of hydrogen-bond donors (Lipinski definition) is 1. The Morgan fingerprint density at radius 3 is 2.59 bits per heavy atom. The summed E-state index contributed by atoms with van der Waals surface area (Å²) in [5.41, 5.74) is 7.36. The average molecular weight is 258 g/mol. The molecule has 0 aromatic carbocycles. The van der Waals surface area contributed by atoms with Crippen LogP contribution in [0.5, 0.6) is 0 Å². The number of aromatic nitrogens is 2. The van der Waals surface area contributed by atoms with Crippen LogP contribution in [0.1, 0.15) is 12.1 Å². The van der Waals surface area contributed by atoms with Gasteiger partial charge in [0.1, 0.15) is 5.82 Å². The molecule has 17 heavy (non-hydrogen) atoms. The van der Waals surface area contributed by atoms with E-state index < -0.39 is 9.84 Å². The molecular formula is C10H18N4O2S. The average Bonchev–Trinajstić information content (AvgIpc) is 2.68. The highest BCUT2D eigenvalue weighted by Crippen LogP contribution is 2.29. The first-order valence-corrected chi connectivity index (χ1v) is 7.36. The van der Waals surface area contributed by atoms with Gasteiger partial charge in [0, 0.05) is 20.1 Å². The lowest BCUT2D eigenvalue weighted by Crippen LogP contribution is -2.34. The van der Waals surface area contributed by atoms with Crippen molar-refractivity contribution in [3.8, 4) is 0 Å². The SMILES string of the molecule is Cc1nn(C)c(N(C)C2CCS(=O)(=O)C2)c1N. The molecular weight excluding hydrogens is 240 g/mol. The third-order valence-electron chi connectivity index (χ3n) is 3.33. The molecule has 0 bridgehead atoms. The molecule has 6 nitrogen and oxygen atoms in total. The number of rotatable bonds is 2. The minimum Gasteiger partial charge on any atom is -0.394 e. The Kier molecular flexibility index (Phi) is 2.81. The molecule has 2 heterocycles. The van der Waals surface area contributed by atoms with Crippen LogP contribution in [-0.2, 0) is 16.9 Å². The summed E-state index contributed by atoms with van der Waals surface area (Å²) in [6, 6.07) is -0.00269. The molecule has 1 aliphatic rings. The first-order valence-electron chi connectivity index (χ1n) is 5.54. The standard InChI is InChI=1S/C10H18N4O2S/c1-7-9(11)10(14(3)12-7)13(2)8-4-5-17(15,16)6-8/h8H,4-6,11H2,1-3H3. The molecule has 0 spiro atoms. The van der Waals surface area contributed by atoms with Gasteiger partial charge >= 0.3 is 0 Å². The molecule has 1 fully saturated rings. The molecule has 0 amide bonds. The topological polar surface area (TPSA) is 81.2 Å². The van der Waals surface area contributed by atoms with Crippen LogP contribution >= 0.6 is 0 Å². The van der Waals surface area contributed by atoms with E-state index in [0.29, 0.717) is 12.1 Å². The second kappa shape index (κ2) is 3.90. The predicted octanol–water partition coefficient (Wildman–Crippen LogP) is -0.0660. The van der Waals surface area contributed by atoms with Crippen LogP contribution in [0.2, 0.25) is 0 Å². The van der Waals surface area contributed by atoms with E-state index in [1.165, 1.54) is 0 Å². The molecule has 2 N–H and O–H groups in total. The Hall–Kier alpha value is -1.24. The van der Waals surface area contributed by atoms with Crippen molar-refractivity contribution >= 4 is 21.3 Å². The fraction of sp³-hybridized carbons (Fsp3) is 0.700. The summed E-state index contributed by atoms with van der Waals surface area (Å²) in [6.45, 7) is 1.85. The molecule has 1 saturated heterocycles. The lowest BCUT2D eigenvalue weighted by atomic mass is 10.2. The maximum Gasteiger partial charge on any atom is 0.152 e. The molecule has 96 valence electrons. The summed E-state index contributed by atoms with van der Waals surface area (Å²) in [5, 5.41) is 4.24. The molecule has 1 aliphatic heterocycles. The lowest BCUT2D eigenvalue weighted by molar-refractivity contribution is 0.600. The van der Waals surface area contributed by atoms with E-state index in [0.717, 1.165) is 11.5 Å². The Morgan fingerprint density at radius 1 is 1.53 bits per heavy atom. The van der Waals surface area contributed by atoms with Crippen LogP contribution in [0.4, 0.5) is 11.5 Å². The van der Waals surface area contributed by atoms with Crippen LogP contribution < -0.4 is 10.6 Å². The summed E-state index contributed by atoms with van der Waals surface area (Å²) in [4.78, 5) is 1.93. The lowest BCUT2D eigenvalue weighted by Gasteiger charge is -2.25. The zero-order valence-electron chi connectivity index (χ0n) is 10.3. The number of nitrogens with zero attached hydrogens (tertiary/aromatic N) is 3. The van der Waals surface area contributed by atoms with Gasteiger partial charge in [-0.05, 0) is 13.3 Å². The third-order valence-corrected chi connectivity index (χ3v) is 5.08. The van der Waals surface area contributed by atoms with Gasteiger partial charge in [-0.3, -0.25) is 4.68 Å². The van der Waals surface area contributed by atoms with Crippen LogP contribution in [0.3, 0.4) is 0 Å². The highest BCUT2D eigenvalue weighted by molar-refractivity contribution is 7.91. The number of hydrogen-bond acceptors (Lipinski definition) is 5. The summed E-state index contributed by atoms with van der Waals surface area (Å²) in [5.74, 6) is 1.26. The van der Waals surface area contributed by atoms with E-state index in [1.807, 2.05) is 25.9 Å². The number of nitrogens with two attached hydrogens (primary N) is 1. The van der Waals surface area contributed by atoms with Crippen molar-refractivity contribution in [2.24, 2.45) is 7.05 Å². The molecule has 0 radical (unpaired) electrons. The van der Waals surface area contributed by atoms with Crippen LogP contribution in [0, 0.1) is 6.92 Å². The highest BCUT2D eigenvalue weighted by Gasteiger charge is 2.32. The second-order valence-electron chi connectivity index (χ2n) is 4.61. The van der Waals surface area contributed by atoms with Gasteiger partial charge in [-0.2, -0.15) is 5.10 Å². The minimum absolute atomic E-state index is 0.00269. The quantitative estimate of drug-likeness (QED) is 0.803. The first-order chi connectivity index (χ1) is 7.82. The molecule has 1 unspecified atom stereocenters. The first kappa shape index (κ1) is 12.2. The molecule has 0 saturated carbocycles. The molecule has 2 rings (SSSR count). The number of nitrogen functional groups attached to an aromatic ring is 1. The van der Waals surface area contributed by atoms with E-state index in [1.54, 1.807) is 4.68 Å². The van der Waals surface area contributed by atoms with E-state index in [2.05, 4.69) is 5.10 Å². The monoisotopic (exact) mass is 258 g/mol. The van der Waals surface area contributed by atoms with E-state index in [9.17, 15) is 8.42 Å². The van der Waals surface area contributed by atoms with Crippen molar-refractivity contribution < 1.29 is 8.42 Å². The van der Waals surface area contributed by atoms with E-state index in [4.69, 9.17) is 5.73 Å². The fourth-order valence-electron chi connectivity index (χ4n) is 2.33. The Morgan fingerprint density at radius 2 is 2.18 bits per heavy atom. The smallest absolute Gasteiger partial charge is 0.152 e. The van der Waals surface area contributed by atoms with Gasteiger partial charge in [-0.1, -0.05) is 0 Å². The Balaban J connectivity index is 2.29. The van der Waals surface area contributed by atoms with E-state index >= 15 is 0 Å². The van der Waals surface area contributed by atoms with Crippen molar-refractivity contribution in [1.82, 2.24) is 9.78 Å². The zero-order valence-corrected chi connectivity index (χ0v) is 11.2. The minimum atomic E-state index is -2.88. The Bertz CT molecular complexity index is 535. The highest BCUT2D eigenvalue weighted by atomic mass is 32.2. The molecule has 1 aromatic heterocycles. The van der Waals surface area contributed by atoms with Crippen molar-refractivity contribution in [3.63, 3.8) is 0 Å². The fourth-order valence-corrected chi connectivity index (χ4v) is 4.11.